The highest BCUT2D eigenvalue weighted by Gasteiger charge is 2.31. The third kappa shape index (κ3) is 3.62. The number of nitrogens with zero attached hydrogens (tertiary/aromatic N) is 3. The summed E-state index contributed by atoms with van der Waals surface area (Å²) in [6, 6.07) is 4.09. The fourth-order valence-electron chi connectivity index (χ4n) is 2.64. The molecule has 0 atom stereocenters. The highest BCUT2D eigenvalue weighted by Crippen LogP contribution is 2.33. The number of hydrogen-bond acceptors (Lipinski definition) is 6. The lowest BCUT2D eigenvalue weighted by Crippen LogP contribution is -2.57. The fourth-order valence-corrected chi connectivity index (χ4v) is 3.56. The van der Waals surface area contributed by atoms with E-state index in [0.29, 0.717) is 25.3 Å². The molecule has 1 heterocycles. The van der Waals surface area contributed by atoms with E-state index >= 15 is 0 Å². The molecule has 0 aliphatic carbocycles. The largest absolute Gasteiger partial charge is 0.363 e. The van der Waals surface area contributed by atoms with Crippen molar-refractivity contribution >= 4 is 21.4 Å². The topological polar surface area (TPSA) is 95.8 Å². The zero-order chi connectivity index (χ0) is 17.4. The highest BCUT2D eigenvalue weighted by molar-refractivity contribution is 7.89. The van der Waals surface area contributed by atoms with Crippen LogP contribution in [0.15, 0.2) is 23.1 Å². The van der Waals surface area contributed by atoms with E-state index in [2.05, 4.69) is 5.32 Å². The summed E-state index contributed by atoms with van der Waals surface area (Å²) in [5.74, 6) is 0. The lowest BCUT2D eigenvalue weighted by molar-refractivity contribution is -0.384. The Kier molecular flexibility index (Phi) is 4.65. The van der Waals surface area contributed by atoms with Gasteiger partial charge in [-0.05, 0) is 26.0 Å². The maximum Gasteiger partial charge on any atom is 0.293 e. The van der Waals surface area contributed by atoms with Crippen molar-refractivity contribution in [3.05, 3.63) is 28.3 Å². The van der Waals surface area contributed by atoms with Crippen molar-refractivity contribution in [3.63, 3.8) is 0 Å². The zero-order valence-electron chi connectivity index (χ0n) is 13.7. The first-order chi connectivity index (χ1) is 10.5. The molecule has 0 radical (unpaired) electrons. The molecule has 2 rings (SSSR count). The molecule has 1 aliphatic rings. The summed E-state index contributed by atoms with van der Waals surface area (Å²) >= 11 is 0. The third-order valence-corrected chi connectivity index (χ3v) is 5.65. The molecule has 0 bridgehead atoms. The van der Waals surface area contributed by atoms with Crippen LogP contribution in [0.4, 0.5) is 11.4 Å². The van der Waals surface area contributed by atoms with Crippen LogP contribution in [0.5, 0.6) is 0 Å². The maximum absolute atomic E-state index is 12.2. The minimum atomic E-state index is -3.71. The van der Waals surface area contributed by atoms with Gasteiger partial charge < -0.3 is 10.2 Å². The highest BCUT2D eigenvalue weighted by atomic mass is 32.2. The third-order valence-electron chi connectivity index (χ3n) is 3.83. The van der Waals surface area contributed by atoms with E-state index in [-0.39, 0.29) is 16.1 Å². The summed E-state index contributed by atoms with van der Waals surface area (Å²) in [5.41, 5.74) is 0.0912. The van der Waals surface area contributed by atoms with Crippen LogP contribution in [0.3, 0.4) is 0 Å². The van der Waals surface area contributed by atoms with Gasteiger partial charge in [0.15, 0.2) is 0 Å². The number of benzene rings is 1. The smallest absolute Gasteiger partial charge is 0.293 e. The molecular weight excluding hydrogens is 320 g/mol. The molecule has 1 aliphatic heterocycles. The van der Waals surface area contributed by atoms with Crippen LogP contribution in [0, 0.1) is 10.1 Å². The maximum atomic E-state index is 12.2. The first-order valence-corrected chi connectivity index (χ1v) is 8.69. The monoisotopic (exact) mass is 342 g/mol. The minimum absolute atomic E-state index is 0.0765. The van der Waals surface area contributed by atoms with Crippen molar-refractivity contribution < 1.29 is 13.3 Å². The van der Waals surface area contributed by atoms with E-state index in [1.165, 1.54) is 26.2 Å². The number of sulfonamides is 1. The van der Waals surface area contributed by atoms with Crippen molar-refractivity contribution in [2.45, 2.75) is 24.3 Å². The minimum Gasteiger partial charge on any atom is -0.363 e. The van der Waals surface area contributed by atoms with Crippen LogP contribution in [0.2, 0.25) is 0 Å². The Morgan fingerprint density at radius 3 is 2.52 bits per heavy atom. The van der Waals surface area contributed by atoms with Crippen molar-refractivity contribution in [1.29, 1.82) is 0 Å². The van der Waals surface area contributed by atoms with Gasteiger partial charge in [0.05, 0.1) is 9.82 Å². The average Bonchev–Trinajstić information content (AvgIpc) is 2.45. The number of rotatable bonds is 4. The van der Waals surface area contributed by atoms with Crippen molar-refractivity contribution in [3.8, 4) is 0 Å². The van der Waals surface area contributed by atoms with Gasteiger partial charge in [-0.1, -0.05) is 0 Å². The quantitative estimate of drug-likeness (QED) is 0.649. The summed E-state index contributed by atoms with van der Waals surface area (Å²) in [6.45, 7) is 5.99. The summed E-state index contributed by atoms with van der Waals surface area (Å²) in [6.07, 6.45) is 0. The van der Waals surface area contributed by atoms with Crippen LogP contribution in [0.25, 0.3) is 0 Å². The second-order valence-corrected chi connectivity index (χ2v) is 8.58. The molecule has 0 amide bonds. The normalized spacial score (nSPS) is 18.2. The van der Waals surface area contributed by atoms with Crippen LogP contribution >= 0.6 is 0 Å². The molecule has 0 unspecified atom stereocenters. The van der Waals surface area contributed by atoms with Crippen molar-refractivity contribution in [2.75, 3.05) is 38.6 Å². The van der Waals surface area contributed by atoms with E-state index < -0.39 is 14.9 Å². The molecular formula is C14H22N4O4S. The van der Waals surface area contributed by atoms with E-state index in [4.69, 9.17) is 0 Å². The van der Waals surface area contributed by atoms with Crippen molar-refractivity contribution in [1.82, 2.24) is 9.62 Å². The van der Waals surface area contributed by atoms with Gasteiger partial charge in [0, 0.05) is 45.3 Å². The summed E-state index contributed by atoms with van der Waals surface area (Å²) < 4.78 is 25.4. The molecule has 0 saturated carbocycles. The Morgan fingerprint density at radius 2 is 2.00 bits per heavy atom. The Labute approximate surface area is 136 Å². The lowest BCUT2D eigenvalue weighted by Gasteiger charge is -2.40. The van der Waals surface area contributed by atoms with Crippen LogP contribution in [-0.4, -0.2) is 56.9 Å². The summed E-state index contributed by atoms with van der Waals surface area (Å²) in [7, 11) is -0.912. The standard InChI is InChI=1S/C14H22N4O4S/c1-14(2)10-17(8-7-15-14)12-6-5-11(9-13(12)18(19)20)23(21,22)16(3)4/h5-6,9,15H,7-8,10H2,1-4H3. The molecule has 1 saturated heterocycles. The predicted molar refractivity (Wildman–Crippen MR) is 88.3 cm³/mol. The number of anilines is 1. The number of nitrogens with one attached hydrogen (secondary N) is 1. The van der Waals surface area contributed by atoms with Crippen molar-refractivity contribution in [2.24, 2.45) is 0 Å². The molecule has 23 heavy (non-hydrogen) atoms. The number of piperazine rings is 1. The first-order valence-electron chi connectivity index (χ1n) is 7.25. The molecule has 8 nitrogen and oxygen atoms in total. The molecule has 1 fully saturated rings. The number of nitro groups is 1. The van der Waals surface area contributed by atoms with E-state index in [1.807, 2.05) is 18.7 Å². The zero-order valence-corrected chi connectivity index (χ0v) is 14.6. The molecule has 0 spiro atoms. The van der Waals surface area contributed by atoms with E-state index in [9.17, 15) is 18.5 Å². The predicted octanol–water partition coefficient (Wildman–Crippen LogP) is 1.03. The van der Waals surface area contributed by atoms with E-state index in [0.717, 1.165) is 10.4 Å². The van der Waals surface area contributed by atoms with Crippen LogP contribution in [0.1, 0.15) is 13.8 Å². The van der Waals surface area contributed by atoms with Crippen LogP contribution in [-0.2, 0) is 10.0 Å². The van der Waals surface area contributed by atoms with Gasteiger partial charge in [0.25, 0.3) is 5.69 Å². The second kappa shape index (κ2) is 6.06. The van der Waals surface area contributed by atoms with Gasteiger partial charge in [-0.3, -0.25) is 10.1 Å². The lowest BCUT2D eigenvalue weighted by atomic mass is 10.0. The molecule has 9 heteroatoms. The van der Waals surface area contributed by atoms with Gasteiger partial charge in [0.1, 0.15) is 5.69 Å². The summed E-state index contributed by atoms with van der Waals surface area (Å²) in [5, 5.41) is 14.8. The van der Waals surface area contributed by atoms with Gasteiger partial charge in [0.2, 0.25) is 10.0 Å². The Hall–Kier alpha value is -1.71. The molecule has 128 valence electrons. The van der Waals surface area contributed by atoms with Gasteiger partial charge in [-0.25, -0.2) is 12.7 Å². The molecule has 1 aromatic carbocycles. The van der Waals surface area contributed by atoms with E-state index in [1.54, 1.807) is 0 Å². The van der Waals surface area contributed by atoms with Gasteiger partial charge >= 0.3 is 0 Å². The Balaban J connectivity index is 2.48. The Morgan fingerprint density at radius 1 is 1.35 bits per heavy atom. The fraction of sp³-hybridized carbons (Fsp3) is 0.571. The number of nitro benzene ring substituents is 1. The SMILES string of the molecule is CN(C)S(=O)(=O)c1ccc(N2CCNC(C)(C)C2)c([N+](=O)[O-])c1. The average molecular weight is 342 g/mol. The molecule has 1 N–H and O–H groups in total. The number of hydrogen-bond donors (Lipinski definition) is 1. The summed E-state index contributed by atoms with van der Waals surface area (Å²) in [4.78, 5) is 12.7. The first kappa shape index (κ1) is 17.6. The van der Waals surface area contributed by atoms with Gasteiger partial charge in [-0.15, -0.1) is 0 Å². The Bertz CT molecular complexity index is 715. The van der Waals surface area contributed by atoms with Crippen LogP contribution < -0.4 is 10.2 Å². The second-order valence-electron chi connectivity index (χ2n) is 6.43. The molecule has 1 aromatic rings. The molecule has 0 aromatic heterocycles. The van der Waals surface area contributed by atoms with Gasteiger partial charge in [-0.2, -0.15) is 0 Å².